The van der Waals surface area contributed by atoms with Crippen LogP contribution in [0.4, 0.5) is 10.1 Å². The fourth-order valence-electron chi connectivity index (χ4n) is 1.18. The quantitative estimate of drug-likeness (QED) is 0.718. The summed E-state index contributed by atoms with van der Waals surface area (Å²) in [5.74, 6) is -0.521. The van der Waals surface area contributed by atoms with Crippen LogP contribution in [0.2, 0.25) is 0 Å². The zero-order valence-electron chi connectivity index (χ0n) is 7.24. The maximum Gasteiger partial charge on any atom is 0.143 e. The lowest BCUT2D eigenvalue weighted by Crippen LogP contribution is -2.31. The van der Waals surface area contributed by atoms with Crippen molar-refractivity contribution in [3.8, 4) is 6.07 Å². The summed E-state index contributed by atoms with van der Waals surface area (Å²) in [6.07, 6.45) is 1.57. The van der Waals surface area contributed by atoms with Gasteiger partial charge in [0.1, 0.15) is 24.9 Å². The Morgan fingerprint density at radius 1 is 1.57 bits per heavy atom. The number of hydrogen-bond acceptors (Lipinski definition) is 4. The first-order valence-electron chi connectivity index (χ1n) is 4.03. The van der Waals surface area contributed by atoms with E-state index in [4.69, 9.17) is 5.26 Å². The lowest BCUT2D eigenvalue weighted by atomic mass is 10.2. The molecular formula is C9H7FN4. The SMILES string of the molecule is N#Cc1ccc(N2C=NCN2)cc1F. The number of nitriles is 1. The minimum absolute atomic E-state index is 0.0462. The van der Waals surface area contributed by atoms with Gasteiger partial charge in [-0.3, -0.25) is 10.0 Å². The molecule has 5 heteroatoms. The van der Waals surface area contributed by atoms with Crippen LogP contribution in [-0.4, -0.2) is 13.0 Å². The van der Waals surface area contributed by atoms with Gasteiger partial charge in [-0.1, -0.05) is 0 Å². The molecule has 0 fully saturated rings. The summed E-state index contributed by atoms with van der Waals surface area (Å²) in [5.41, 5.74) is 3.57. The van der Waals surface area contributed by atoms with Gasteiger partial charge in [0.2, 0.25) is 0 Å². The van der Waals surface area contributed by atoms with Crippen LogP contribution < -0.4 is 10.4 Å². The van der Waals surface area contributed by atoms with E-state index in [0.29, 0.717) is 12.4 Å². The molecule has 0 bridgehead atoms. The number of nitrogens with zero attached hydrogens (tertiary/aromatic N) is 3. The summed E-state index contributed by atoms with van der Waals surface area (Å²) in [4.78, 5) is 3.92. The third kappa shape index (κ3) is 1.43. The van der Waals surface area contributed by atoms with Gasteiger partial charge in [0.05, 0.1) is 11.3 Å². The van der Waals surface area contributed by atoms with Crippen molar-refractivity contribution in [3.05, 3.63) is 29.6 Å². The van der Waals surface area contributed by atoms with E-state index in [1.54, 1.807) is 23.5 Å². The Kier molecular flexibility index (Phi) is 2.13. The van der Waals surface area contributed by atoms with E-state index in [9.17, 15) is 4.39 Å². The van der Waals surface area contributed by atoms with Crippen LogP contribution in [0.1, 0.15) is 5.56 Å². The molecule has 0 unspecified atom stereocenters. The zero-order valence-corrected chi connectivity index (χ0v) is 7.24. The Morgan fingerprint density at radius 2 is 2.43 bits per heavy atom. The molecule has 1 N–H and O–H groups in total. The Bertz CT molecular complexity index is 421. The smallest absolute Gasteiger partial charge is 0.143 e. The summed E-state index contributed by atoms with van der Waals surface area (Å²) >= 11 is 0. The highest BCUT2D eigenvalue weighted by atomic mass is 19.1. The van der Waals surface area contributed by atoms with Crippen LogP contribution in [0.15, 0.2) is 23.2 Å². The first-order valence-corrected chi connectivity index (χ1v) is 4.03. The van der Waals surface area contributed by atoms with E-state index in [0.717, 1.165) is 0 Å². The molecular weight excluding hydrogens is 183 g/mol. The van der Waals surface area contributed by atoms with E-state index in [-0.39, 0.29) is 5.56 Å². The average molecular weight is 190 g/mol. The highest BCUT2D eigenvalue weighted by Gasteiger charge is 2.09. The van der Waals surface area contributed by atoms with Crippen molar-refractivity contribution in [1.82, 2.24) is 5.43 Å². The van der Waals surface area contributed by atoms with Gasteiger partial charge in [-0.2, -0.15) is 5.26 Å². The highest BCUT2D eigenvalue weighted by Crippen LogP contribution is 2.16. The summed E-state index contributed by atoms with van der Waals surface area (Å²) in [7, 11) is 0. The molecule has 0 aliphatic carbocycles. The second kappa shape index (κ2) is 3.44. The van der Waals surface area contributed by atoms with Gasteiger partial charge in [0.15, 0.2) is 0 Å². The standard InChI is InChI=1S/C9H7FN4/c10-9-3-8(2-1-7(9)4-11)14-6-12-5-13-14/h1-3,6,13H,5H2. The second-order valence-electron chi connectivity index (χ2n) is 2.76. The minimum Gasteiger partial charge on any atom is -0.265 e. The van der Waals surface area contributed by atoms with Crippen LogP contribution in [0.5, 0.6) is 0 Å². The molecule has 0 saturated heterocycles. The second-order valence-corrected chi connectivity index (χ2v) is 2.76. The molecule has 14 heavy (non-hydrogen) atoms. The molecule has 0 radical (unpaired) electrons. The van der Waals surface area contributed by atoms with E-state index in [1.165, 1.54) is 12.1 Å². The largest absolute Gasteiger partial charge is 0.265 e. The van der Waals surface area contributed by atoms with Crippen LogP contribution in [-0.2, 0) is 0 Å². The number of nitrogens with one attached hydrogen (secondary N) is 1. The van der Waals surface area contributed by atoms with Gasteiger partial charge in [0, 0.05) is 6.07 Å². The Hall–Kier alpha value is -1.93. The Labute approximate surface area is 80.3 Å². The average Bonchev–Trinajstić information content (AvgIpc) is 2.70. The van der Waals surface area contributed by atoms with Crippen molar-refractivity contribution in [3.63, 3.8) is 0 Å². The molecule has 0 aromatic heterocycles. The van der Waals surface area contributed by atoms with Crippen LogP contribution >= 0.6 is 0 Å². The van der Waals surface area contributed by atoms with Crippen LogP contribution in [0.3, 0.4) is 0 Å². The van der Waals surface area contributed by atoms with Crippen LogP contribution in [0, 0.1) is 17.1 Å². The number of anilines is 1. The van der Waals surface area contributed by atoms with Crippen LogP contribution in [0.25, 0.3) is 0 Å². The van der Waals surface area contributed by atoms with Crippen molar-refractivity contribution < 1.29 is 4.39 Å². The topological polar surface area (TPSA) is 51.4 Å². The fraction of sp³-hybridized carbons (Fsp3) is 0.111. The van der Waals surface area contributed by atoms with E-state index in [2.05, 4.69) is 10.4 Å². The zero-order chi connectivity index (χ0) is 9.97. The van der Waals surface area contributed by atoms with Gasteiger partial charge < -0.3 is 0 Å². The van der Waals surface area contributed by atoms with Crippen molar-refractivity contribution in [2.75, 3.05) is 11.7 Å². The van der Waals surface area contributed by atoms with Gasteiger partial charge in [-0.25, -0.2) is 9.82 Å². The third-order valence-electron chi connectivity index (χ3n) is 1.88. The maximum absolute atomic E-state index is 13.2. The first-order chi connectivity index (χ1) is 6.81. The number of hydrogen-bond donors (Lipinski definition) is 1. The summed E-state index contributed by atoms with van der Waals surface area (Å²) in [6, 6.07) is 6.16. The fourth-order valence-corrected chi connectivity index (χ4v) is 1.18. The maximum atomic E-state index is 13.2. The lowest BCUT2D eigenvalue weighted by molar-refractivity contribution is 0.623. The predicted octanol–water partition coefficient (Wildman–Crippen LogP) is 1.01. The Balaban J connectivity index is 2.33. The molecule has 0 amide bonds. The summed E-state index contributed by atoms with van der Waals surface area (Å²) in [5, 5.41) is 10.1. The van der Waals surface area contributed by atoms with E-state index in [1.807, 2.05) is 0 Å². The molecule has 4 nitrogen and oxygen atoms in total. The number of hydrazine groups is 1. The van der Waals surface area contributed by atoms with E-state index < -0.39 is 5.82 Å². The molecule has 1 aliphatic heterocycles. The highest BCUT2D eigenvalue weighted by molar-refractivity contribution is 5.79. The normalized spacial score (nSPS) is 14.4. The van der Waals surface area contributed by atoms with Gasteiger partial charge in [0.25, 0.3) is 0 Å². The molecule has 2 rings (SSSR count). The molecule has 1 aliphatic rings. The molecule has 0 atom stereocenters. The van der Waals surface area contributed by atoms with Gasteiger partial charge in [-0.05, 0) is 12.1 Å². The summed E-state index contributed by atoms with van der Waals surface area (Å²) in [6.45, 7) is 0.488. The van der Waals surface area contributed by atoms with E-state index >= 15 is 0 Å². The number of benzene rings is 1. The monoisotopic (exact) mass is 190 g/mol. The number of rotatable bonds is 1. The number of halogens is 1. The predicted molar refractivity (Wildman–Crippen MR) is 50.1 cm³/mol. The molecule has 0 spiro atoms. The lowest BCUT2D eigenvalue weighted by Gasteiger charge is -2.14. The molecule has 1 heterocycles. The molecule has 0 saturated carbocycles. The first kappa shape index (κ1) is 8.66. The van der Waals surface area contributed by atoms with Gasteiger partial charge in [-0.15, -0.1) is 0 Å². The molecule has 1 aromatic carbocycles. The third-order valence-corrected chi connectivity index (χ3v) is 1.88. The van der Waals surface area contributed by atoms with Crippen molar-refractivity contribution in [2.24, 2.45) is 4.99 Å². The summed E-state index contributed by atoms with van der Waals surface area (Å²) < 4.78 is 13.2. The van der Waals surface area contributed by atoms with Crippen molar-refractivity contribution >= 4 is 12.0 Å². The van der Waals surface area contributed by atoms with Crippen molar-refractivity contribution in [2.45, 2.75) is 0 Å². The molecule has 70 valence electrons. The van der Waals surface area contributed by atoms with Gasteiger partial charge >= 0.3 is 0 Å². The number of aliphatic imine (C=N–C) groups is 1. The Morgan fingerprint density at radius 3 is 3.00 bits per heavy atom. The van der Waals surface area contributed by atoms with Crippen molar-refractivity contribution in [1.29, 1.82) is 5.26 Å². The minimum atomic E-state index is -0.521. The molecule has 1 aromatic rings.